The van der Waals surface area contributed by atoms with Gasteiger partial charge in [0.05, 0.1) is 12.6 Å². The standard InChI is InChI=1S/C12H15BrN2OS/c13-11-6-8(3-4-10(11)12(14)17)15-5-1-2-9(15)7-16/h3-4,6,9,16H,1-2,5,7H2,(H2,14,17). The van der Waals surface area contributed by atoms with Crippen molar-refractivity contribution in [3.05, 3.63) is 28.2 Å². The first-order valence-corrected chi connectivity index (χ1v) is 6.80. The average Bonchev–Trinajstić information content (AvgIpc) is 2.76. The highest BCUT2D eigenvalue weighted by Gasteiger charge is 2.24. The van der Waals surface area contributed by atoms with Crippen LogP contribution in [0.3, 0.4) is 0 Å². The highest BCUT2D eigenvalue weighted by molar-refractivity contribution is 9.10. The zero-order valence-electron chi connectivity index (χ0n) is 9.40. The van der Waals surface area contributed by atoms with Crippen LogP contribution in [-0.2, 0) is 0 Å². The summed E-state index contributed by atoms with van der Waals surface area (Å²) in [6.45, 7) is 1.19. The van der Waals surface area contributed by atoms with Crippen LogP contribution in [0.1, 0.15) is 18.4 Å². The van der Waals surface area contributed by atoms with Gasteiger partial charge in [0.25, 0.3) is 0 Å². The molecule has 0 bridgehead atoms. The Balaban J connectivity index is 2.28. The Morgan fingerprint density at radius 3 is 2.94 bits per heavy atom. The van der Waals surface area contributed by atoms with Crippen LogP contribution < -0.4 is 10.6 Å². The third kappa shape index (κ3) is 2.61. The number of rotatable bonds is 3. The number of aliphatic hydroxyl groups is 1. The molecule has 1 aliphatic rings. The summed E-state index contributed by atoms with van der Waals surface area (Å²) in [5, 5.41) is 9.32. The minimum absolute atomic E-state index is 0.203. The molecule has 3 nitrogen and oxygen atoms in total. The van der Waals surface area contributed by atoms with E-state index in [0.717, 1.165) is 35.1 Å². The zero-order valence-corrected chi connectivity index (χ0v) is 11.8. The van der Waals surface area contributed by atoms with Gasteiger partial charge in [-0.25, -0.2) is 0 Å². The van der Waals surface area contributed by atoms with Gasteiger partial charge < -0.3 is 15.7 Å². The fraction of sp³-hybridized carbons (Fsp3) is 0.417. The summed E-state index contributed by atoms with van der Waals surface area (Å²) in [4.78, 5) is 2.62. The fourth-order valence-corrected chi connectivity index (χ4v) is 3.14. The summed E-state index contributed by atoms with van der Waals surface area (Å²) in [5.74, 6) is 0. The molecule has 0 aliphatic carbocycles. The number of halogens is 1. The van der Waals surface area contributed by atoms with Crippen molar-refractivity contribution in [2.45, 2.75) is 18.9 Å². The molecule has 1 heterocycles. The molecule has 17 heavy (non-hydrogen) atoms. The predicted molar refractivity (Wildman–Crippen MR) is 77.5 cm³/mol. The molecule has 1 aromatic rings. The number of hydrogen-bond donors (Lipinski definition) is 2. The second kappa shape index (κ2) is 5.33. The molecular formula is C12H15BrN2OS. The van der Waals surface area contributed by atoms with Crippen LogP contribution in [0.4, 0.5) is 5.69 Å². The van der Waals surface area contributed by atoms with E-state index in [0.29, 0.717) is 4.99 Å². The van der Waals surface area contributed by atoms with E-state index in [-0.39, 0.29) is 12.6 Å². The molecule has 0 spiro atoms. The molecule has 0 amide bonds. The van der Waals surface area contributed by atoms with Crippen molar-refractivity contribution < 1.29 is 5.11 Å². The van der Waals surface area contributed by atoms with Gasteiger partial charge in [0.15, 0.2) is 0 Å². The van der Waals surface area contributed by atoms with E-state index in [9.17, 15) is 5.11 Å². The third-order valence-electron chi connectivity index (χ3n) is 3.14. The lowest BCUT2D eigenvalue weighted by Gasteiger charge is -2.25. The molecule has 2 rings (SSSR count). The smallest absolute Gasteiger partial charge is 0.105 e. The van der Waals surface area contributed by atoms with Crippen LogP contribution in [0.2, 0.25) is 0 Å². The van der Waals surface area contributed by atoms with Crippen LogP contribution in [0, 0.1) is 0 Å². The first-order valence-electron chi connectivity index (χ1n) is 5.60. The van der Waals surface area contributed by atoms with E-state index < -0.39 is 0 Å². The molecular weight excluding hydrogens is 300 g/mol. The molecule has 1 unspecified atom stereocenters. The van der Waals surface area contributed by atoms with Crippen LogP contribution in [0.15, 0.2) is 22.7 Å². The van der Waals surface area contributed by atoms with E-state index in [1.54, 1.807) is 0 Å². The molecule has 1 saturated heterocycles. The van der Waals surface area contributed by atoms with Gasteiger partial charge >= 0.3 is 0 Å². The van der Waals surface area contributed by atoms with Crippen molar-refractivity contribution in [2.75, 3.05) is 18.1 Å². The molecule has 0 radical (unpaired) electrons. The van der Waals surface area contributed by atoms with Crippen molar-refractivity contribution in [3.8, 4) is 0 Å². The molecule has 1 atom stereocenters. The Labute approximate surface area is 115 Å². The van der Waals surface area contributed by atoms with E-state index >= 15 is 0 Å². The highest BCUT2D eigenvalue weighted by atomic mass is 79.9. The number of thiocarbonyl (C=S) groups is 1. The topological polar surface area (TPSA) is 49.5 Å². The van der Waals surface area contributed by atoms with E-state index in [2.05, 4.69) is 20.8 Å². The molecule has 1 aliphatic heterocycles. The van der Waals surface area contributed by atoms with Gasteiger partial charge in [0.2, 0.25) is 0 Å². The third-order valence-corrected chi connectivity index (χ3v) is 4.01. The Hall–Kier alpha value is -0.650. The predicted octanol–water partition coefficient (Wildman–Crippen LogP) is 2.04. The summed E-state index contributed by atoms with van der Waals surface area (Å²) < 4.78 is 0.908. The lowest BCUT2D eigenvalue weighted by Crippen LogP contribution is -2.32. The summed E-state index contributed by atoms with van der Waals surface area (Å²) in [7, 11) is 0. The van der Waals surface area contributed by atoms with Gasteiger partial charge in [-0.15, -0.1) is 0 Å². The van der Waals surface area contributed by atoms with E-state index in [4.69, 9.17) is 18.0 Å². The van der Waals surface area contributed by atoms with Gasteiger partial charge in [0.1, 0.15) is 4.99 Å². The van der Waals surface area contributed by atoms with Crippen molar-refractivity contribution in [2.24, 2.45) is 5.73 Å². The minimum atomic E-state index is 0.203. The normalized spacial score (nSPS) is 19.6. The average molecular weight is 315 g/mol. The Morgan fingerprint density at radius 2 is 2.35 bits per heavy atom. The summed E-state index contributed by atoms with van der Waals surface area (Å²) in [5.41, 5.74) is 7.57. The van der Waals surface area contributed by atoms with Crippen LogP contribution in [0.5, 0.6) is 0 Å². The lowest BCUT2D eigenvalue weighted by atomic mass is 10.1. The SMILES string of the molecule is NC(=S)c1ccc(N2CCCC2CO)cc1Br. The quantitative estimate of drug-likeness (QED) is 0.838. The number of anilines is 1. The van der Waals surface area contributed by atoms with Crippen LogP contribution >= 0.6 is 28.1 Å². The highest BCUT2D eigenvalue weighted by Crippen LogP contribution is 2.29. The molecule has 92 valence electrons. The van der Waals surface area contributed by atoms with Gasteiger partial charge in [-0.2, -0.15) is 0 Å². The monoisotopic (exact) mass is 314 g/mol. The maximum Gasteiger partial charge on any atom is 0.105 e. The molecule has 0 saturated carbocycles. The maximum atomic E-state index is 9.32. The van der Waals surface area contributed by atoms with Crippen molar-refractivity contribution >= 4 is 38.8 Å². The van der Waals surface area contributed by atoms with Crippen molar-refractivity contribution in [3.63, 3.8) is 0 Å². The first-order chi connectivity index (χ1) is 8.13. The van der Waals surface area contributed by atoms with Gasteiger partial charge in [-0.3, -0.25) is 0 Å². The van der Waals surface area contributed by atoms with Gasteiger partial charge in [-0.05, 0) is 47.0 Å². The molecule has 1 fully saturated rings. The molecule has 3 N–H and O–H groups in total. The molecule has 5 heteroatoms. The van der Waals surface area contributed by atoms with E-state index in [1.165, 1.54) is 0 Å². The Morgan fingerprint density at radius 1 is 1.59 bits per heavy atom. The fourth-order valence-electron chi connectivity index (χ4n) is 2.25. The van der Waals surface area contributed by atoms with Crippen molar-refractivity contribution in [1.82, 2.24) is 0 Å². The summed E-state index contributed by atoms with van der Waals surface area (Å²) in [6.07, 6.45) is 2.17. The Bertz CT molecular complexity index is 439. The second-order valence-corrected chi connectivity index (χ2v) is 5.49. The summed E-state index contributed by atoms with van der Waals surface area (Å²) >= 11 is 8.45. The summed E-state index contributed by atoms with van der Waals surface area (Å²) in [6, 6.07) is 6.18. The minimum Gasteiger partial charge on any atom is -0.394 e. The number of hydrogen-bond acceptors (Lipinski definition) is 3. The number of benzene rings is 1. The number of nitrogens with zero attached hydrogens (tertiary/aromatic N) is 1. The van der Waals surface area contributed by atoms with Crippen molar-refractivity contribution in [1.29, 1.82) is 0 Å². The van der Waals surface area contributed by atoms with Gasteiger partial charge in [0, 0.05) is 22.3 Å². The van der Waals surface area contributed by atoms with Crippen LogP contribution in [-0.4, -0.2) is 29.3 Å². The maximum absolute atomic E-state index is 9.32. The second-order valence-electron chi connectivity index (χ2n) is 4.20. The van der Waals surface area contributed by atoms with Crippen LogP contribution in [0.25, 0.3) is 0 Å². The van der Waals surface area contributed by atoms with E-state index in [1.807, 2.05) is 18.2 Å². The molecule has 0 aromatic heterocycles. The van der Waals surface area contributed by atoms with Gasteiger partial charge in [-0.1, -0.05) is 12.2 Å². The molecule has 1 aromatic carbocycles. The Kier molecular flexibility index (Phi) is 4.01. The number of nitrogens with two attached hydrogens (primary N) is 1. The lowest BCUT2D eigenvalue weighted by molar-refractivity contribution is 0.266. The largest absolute Gasteiger partial charge is 0.394 e. The zero-order chi connectivity index (χ0) is 12.4. The number of aliphatic hydroxyl groups excluding tert-OH is 1. The first kappa shape index (κ1) is 12.8.